The number of aromatic nitrogens is 2. The fourth-order valence-corrected chi connectivity index (χ4v) is 2.90. The van der Waals surface area contributed by atoms with E-state index in [4.69, 9.17) is 5.73 Å². The van der Waals surface area contributed by atoms with Gasteiger partial charge in [-0.25, -0.2) is 4.68 Å². The van der Waals surface area contributed by atoms with Gasteiger partial charge in [-0.15, -0.1) is 0 Å². The summed E-state index contributed by atoms with van der Waals surface area (Å²) in [5, 5.41) is 4.58. The normalized spacial score (nSPS) is 17.4. The van der Waals surface area contributed by atoms with Crippen LogP contribution in [0.5, 0.6) is 0 Å². The smallest absolute Gasteiger partial charge is 0.150 e. The third kappa shape index (κ3) is 2.33. The van der Waals surface area contributed by atoms with E-state index in [-0.39, 0.29) is 0 Å². The summed E-state index contributed by atoms with van der Waals surface area (Å²) in [5.41, 5.74) is 8.01. The van der Waals surface area contributed by atoms with E-state index in [1.54, 1.807) is 0 Å². The van der Waals surface area contributed by atoms with Crippen LogP contribution in [0.4, 0.5) is 11.5 Å². The lowest BCUT2D eigenvalue weighted by Gasteiger charge is -2.33. The lowest BCUT2D eigenvalue weighted by atomic mass is 9.94. The van der Waals surface area contributed by atoms with Crippen molar-refractivity contribution in [2.24, 2.45) is 0 Å². The van der Waals surface area contributed by atoms with E-state index in [1.807, 2.05) is 6.92 Å². The maximum atomic E-state index is 6.22. The molecule has 1 aromatic heterocycles. The molecule has 0 unspecified atom stereocenters. The Morgan fingerprint density at radius 2 is 1.89 bits per heavy atom. The van der Waals surface area contributed by atoms with Gasteiger partial charge in [0.2, 0.25) is 0 Å². The Kier molecular flexibility index (Phi) is 3.83. The molecule has 2 N–H and O–H groups in total. The van der Waals surface area contributed by atoms with E-state index in [0.29, 0.717) is 12.1 Å². The Labute approximate surface area is 110 Å². The second-order valence-corrected chi connectivity index (χ2v) is 5.76. The summed E-state index contributed by atoms with van der Waals surface area (Å²) in [4.78, 5) is 2.36. The summed E-state index contributed by atoms with van der Waals surface area (Å²) in [6, 6.07) is 0.969. The van der Waals surface area contributed by atoms with Crippen LogP contribution in [0.3, 0.4) is 0 Å². The quantitative estimate of drug-likeness (QED) is 0.896. The van der Waals surface area contributed by atoms with Crippen molar-refractivity contribution < 1.29 is 0 Å². The van der Waals surface area contributed by atoms with E-state index < -0.39 is 0 Å². The van der Waals surface area contributed by atoms with Crippen LogP contribution in [0.1, 0.15) is 57.7 Å². The van der Waals surface area contributed by atoms with E-state index in [1.165, 1.54) is 32.1 Å². The molecule has 18 heavy (non-hydrogen) atoms. The molecule has 4 nitrogen and oxygen atoms in total. The molecule has 0 saturated heterocycles. The molecule has 0 aromatic carbocycles. The molecule has 1 aliphatic carbocycles. The van der Waals surface area contributed by atoms with Crippen LogP contribution in [-0.4, -0.2) is 22.9 Å². The van der Waals surface area contributed by atoms with Gasteiger partial charge >= 0.3 is 0 Å². The SMILES string of the molecule is Cc1nn(C(C)C)c(N(C)C2CCCCC2)c1N. The summed E-state index contributed by atoms with van der Waals surface area (Å²) in [5.74, 6) is 1.11. The number of nitrogen functional groups attached to an aromatic ring is 1. The molecule has 0 spiro atoms. The first-order valence-corrected chi connectivity index (χ1v) is 7.09. The second kappa shape index (κ2) is 5.21. The van der Waals surface area contributed by atoms with Crippen molar-refractivity contribution in [1.82, 2.24) is 9.78 Å². The highest BCUT2D eigenvalue weighted by Crippen LogP contribution is 2.33. The molecule has 1 aliphatic rings. The maximum absolute atomic E-state index is 6.22. The number of hydrogen-bond donors (Lipinski definition) is 1. The Balaban J connectivity index is 2.30. The standard InChI is InChI=1S/C14H26N4/c1-10(2)18-14(13(15)11(3)16-18)17(4)12-8-6-5-7-9-12/h10,12H,5-9,15H2,1-4H3. The van der Waals surface area contributed by atoms with Crippen molar-refractivity contribution in [2.45, 2.75) is 65.0 Å². The molecule has 4 heteroatoms. The van der Waals surface area contributed by atoms with Crippen molar-refractivity contribution in [2.75, 3.05) is 17.7 Å². The summed E-state index contributed by atoms with van der Waals surface area (Å²) < 4.78 is 2.07. The lowest BCUT2D eigenvalue weighted by Crippen LogP contribution is -2.35. The molecule has 0 amide bonds. The average molecular weight is 250 g/mol. The van der Waals surface area contributed by atoms with E-state index in [9.17, 15) is 0 Å². The first kappa shape index (κ1) is 13.2. The maximum Gasteiger partial charge on any atom is 0.150 e. The zero-order valence-corrected chi connectivity index (χ0v) is 12.1. The predicted molar refractivity (Wildman–Crippen MR) is 77.0 cm³/mol. The predicted octanol–water partition coefficient (Wildman–Crippen LogP) is 3.12. The van der Waals surface area contributed by atoms with Crippen LogP contribution in [0, 0.1) is 6.92 Å². The highest BCUT2D eigenvalue weighted by atomic mass is 15.4. The van der Waals surface area contributed by atoms with Gasteiger partial charge in [0.25, 0.3) is 0 Å². The van der Waals surface area contributed by atoms with Gasteiger partial charge in [-0.2, -0.15) is 5.10 Å². The van der Waals surface area contributed by atoms with Crippen LogP contribution in [0.25, 0.3) is 0 Å². The molecule has 1 fully saturated rings. The lowest BCUT2D eigenvalue weighted by molar-refractivity contribution is 0.416. The molecule has 1 saturated carbocycles. The van der Waals surface area contributed by atoms with E-state index in [0.717, 1.165) is 17.2 Å². The summed E-state index contributed by atoms with van der Waals surface area (Å²) in [6.07, 6.45) is 6.60. The zero-order valence-electron chi connectivity index (χ0n) is 12.1. The third-order valence-corrected chi connectivity index (χ3v) is 4.05. The van der Waals surface area contributed by atoms with Crippen LogP contribution >= 0.6 is 0 Å². The molecule has 102 valence electrons. The fraction of sp³-hybridized carbons (Fsp3) is 0.786. The topological polar surface area (TPSA) is 47.1 Å². The Morgan fingerprint density at radius 3 is 2.44 bits per heavy atom. The van der Waals surface area contributed by atoms with Gasteiger partial charge in [0.05, 0.1) is 11.4 Å². The van der Waals surface area contributed by atoms with Crippen LogP contribution in [-0.2, 0) is 0 Å². The molecule has 2 rings (SSSR count). The molecule has 0 atom stereocenters. The van der Waals surface area contributed by atoms with Gasteiger partial charge in [0.1, 0.15) is 0 Å². The largest absolute Gasteiger partial charge is 0.394 e. The molecule has 1 heterocycles. The summed E-state index contributed by atoms with van der Waals surface area (Å²) in [7, 11) is 2.17. The van der Waals surface area contributed by atoms with E-state index in [2.05, 4.69) is 35.6 Å². The Morgan fingerprint density at radius 1 is 1.28 bits per heavy atom. The minimum Gasteiger partial charge on any atom is -0.394 e. The van der Waals surface area contributed by atoms with Gasteiger partial charge in [-0.3, -0.25) is 0 Å². The number of hydrogen-bond acceptors (Lipinski definition) is 3. The monoisotopic (exact) mass is 250 g/mol. The minimum atomic E-state index is 0.349. The highest BCUT2D eigenvalue weighted by molar-refractivity contribution is 5.66. The van der Waals surface area contributed by atoms with Gasteiger partial charge in [-0.05, 0) is 33.6 Å². The minimum absolute atomic E-state index is 0.349. The zero-order chi connectivity index (χ0) is 13.3. The van der Waals surface area contributed by atoms with Crippen molar-refractivity contribution in [3.8, 4) is 0 Å². The second-order valence-electron chi connectivity index (χ2n) is 5.76. The van der Waals surface area contributed by atoms with Crippen molar-refractivity contribution in [1.29, 1.82) is 0 Å². The van der Waals surface area contributed by atoms with Crippen LogP contribution in [0.15, 0.2) is 0 Å². The molecule has 0 bridgehead atoms. The number of aryl methyl sites for hydroxylation is 1. The highest BCUT2D eigenvalue weighted by Gasteiger charge is 2.25. The van der Waals surface area contributed by atoms with Gasteiger partial charge in [-0.1, -0.05) is 19.3 Å². The molecule has 0 aliphatic heterocycles. The van der Waals surface area contributed by atoms with Crippen molar-refractivity contribution in [3.63, 3.8) is 0 Å². The molecular weight excluding hydrogens is 224 g/mol. The van der Waals surface area contributed by atoms with E-state index >= 15 is 0 Å². The Bertz CT molecular complexity index is 402. The number of anilines is 2. The first-order chi connectivity index (χ1) is 8.52. The molecular formula is C14H26N4. The van der Waals surface area contributed by atoms with Crippen LogP contribution in [0.2, 0.25) is 0 Å². The fourth-order valence-electron chi connectivity index (χ4n) is 2.90. The first-order valence-electron chi connectivity index (χ1n) is 7.09. The van der Waals surface area contributed by atoms with Gasteiger partial charge in [0.15, 0.2) is 5.82 Å². The average Bonchev–Trinajstić information content (AvgIpc) is 2.66. The molecule has 0 radical (unpaired) electrons. The van der Waals surface area contributed by atoms with Gasteiger partial charge in [0, 0.05) is 19.1 Å². The van der Waals surface area contributed by atoms with Crippen molar-refractivity contribution >= 4 is 11.5 Å². The number of nitrogens with two attached hydrogens (primary N) is 1. The van der Waals surface area contributed by atoms with Crippen molar-refractivity contribution in [3.05, 3.63) is 5.69 Å². The Hall–Kier alpha value is -1.19. The third-order valence-electron chi connectivity index (χ3n) is 4.05. The van der Waals surface area contributed by atoms with Gasteiger partial charge < -0.3 is 10.6 Å². The number of nitrogens with zero attached hydrogens (tertiary/aromatic N) is 3. The van der Waals surface area contributed by atoms with Crippen LogP contribution < -0.4 is 10.6 Å². The summed E-state index contributed by atoms with van der Waals surface area (Å²) in [6.45, 7) is 6.31. The molecule has 1 aromatic rings. The number of rotatable bonds is 3. The summed E-state index contributed by atoms with van der Waals surface area (Å²) >= 11 is 0.